The minimum atomic E-state index is -3.10. The molecule has 154 valence electrons. The Morgan fingerprint density at radius 1 is 1.18 bits per heavy atom. The zero-order chi connectivity index (χ0) is 20.7. The van der Waals surface area contributed by atoms with Crippen molar-refractivity contribution in [3.05, 3.63) is 29.8 Å². The largest absolute Gasteiger partial charge is 0.497 e. The Morgan fingerprint density at radius 2 is 1.82 bits per heavy atom. The van der Waals surface area contributed by atoms with Gasteiger partial charge >= 0.3 is 5.97 Å². The third kappa shape index (κ3) is 5.98. The lowest BCUT2D eigenvalue weighted by molar-refractivity contribution is -0.149. The van der Waals surface area contributed by atoms with Crippen molar-refractivity contribution in [2.75, 3.05) is 38.9 Å². The fraction of sp³-hybridized carbons (Fsp3) is 0.474. The smallest absolute Gasteiger partial charge is 0.331 e. The number of hydrogen-bond donors (Lipinski definition) is 0. The quantitative estimate of drug-likeness (QED) is 0.469. The van der Waals surface area contributed by atoms with Crippen molar-refractivity contribution >= 4 is 27.8 Å². The lowest BCUT2D eigenvalue weighted by atomic mass is 10.2. The number of benzene rings is 1. The van der Waals surface area contributed by atoms with Crippen molar-refractivity contribution in [1.29, 1.82) is 0 Å². The summed E-state index contributed by atoms with van der Waals surface area (Å²) in [4.78, 5) is 25.7. The molecular weight excluding hydrogens is 386 g/mol. The van der Waals surface area contributed by atoms with E-state index in [1.807, 2.05) is 0 Å². The summed E-state index contributed by atoms with van der Waals surface area (Å²) in [5, 5.41) is 0. The molecule has 1 aromatic rings. The van der Waals surface area contributed by atoms with E-state index in [4.69, 9.17) is 14.2 Å². The van der Waals surface area contributed by atoms with Crippen LogP contribution in [0.4, 0.5) is 0 Å². The van der Waals surface area contributed by atoms with Crippen LogP contribution in [-0.4, -0.2) is 70.1 Å². The van der Waals surface area contributed by atoms with Crippen molar-refractivity contribution in [2.45, 2.75) is 19.4 Å². The molecule has 9 heteroatoms. The van der Waals surface area contributed by atoms with Gasteiger partial charge in [-0.2, -0.15) is 0 Å². The molecule has 1 atom stereocenters. The van der Waals surface area contributed by atoms with E-state index >= 15 is 0 Å². The van der Waals surface area contributed by atoms with E-state index in [0.29, 0.717) is 30.0 Å². The Balaban J connectivity index is 1.92. The molecule has 0 radical (unpaired) electrons. The molecule has 2 rings (SSSR count). The topological polar surface area (TPSA) is 99.2 Å². The van der Waals surface area contributed by atoms with Gasteiger partial charge in [-0.3, -0.25) is 4.79 Å². The van der Waals surface area contributed by atoms with Gasteiger partial charge in [-0.05, 0) is 37.1 Å². The van der Waals surface area contributed by atoms with Crippen molar-refractivity contribution in [3.63, 3.8) is 0 Å². The van der Waals surface area contributed by atoms with E-state index in [-0.39, 0.29) is 17.5 Å². The van der Waals surface area contributed by atoms with Gasteiger partial charge in [0.25, 0.3) is 5.91 Å². The van der Waals surface area contributed by atoms with Crippen LogP contribution in [0.2, 0.25) is 0 Å². The van der Waals surface area contributed by atoms with Crippen LogP contribution in [0.5, 0.6) is 11.5 Å². The van der Waals surface area contributed by atoms with Crippen LogP contribution in [0.15, 0.2) is 24.3 Å². The molecule has 0 bridgehead atoms. The highest BCUT2D eigenvalue weighted by Gasteiger charge is 2.34. The molecule has 0 spiro atoms. The molecule has 0 unspecified atom stereocenters. The predicted octanol–water partition coefficient (Wildman–Crippen LogP) is 1.30. The standard InChI is InChI=1S/C19H25NO7S/c1-4-20(15-7-8-28(23,24)13-15)18(21)12-27-19(22)6-5-14-9-16(25-2)11-17(10-14)26-3/h5-6,9-11,15H,4,7-8,12-13H2,1-3H3/b6-5+/t15-/m0/s1. The number of likely N-dealkylation sites (N-methyl/N-ethyl adjacent to an activating group) is 1. The zero-order valence-electron chi connectivity index (χ0n) is 16.2. The highest BCUT2D eigenvalue weighted by atomic mass is 32.2. The summed E-state index contributed by atoms with van der Waals surface area (Å²) in [5.41, 5.74) is 0.672. The highest BCUT2D eigenvalue weighted by molar-refractivity contribution is 7.91. The molecule has 0 aliphatic carbocycles. The molecule has 1 aliphatic heterocycles. The Labute approximate surface area is 165 Å². The number of nitrogens with zero attached hydrogens (tertiary/aromatic N) is 1. The summed E-state index contributed by atoms with van der Waals surface area (Å²) in [5.74, 6) is 0.103. The number of sulfone groups is 1. The van der Waals surface area contributed by atoms with Crippen LogP contribution in [0.1, 0.15) is 18.9 Å². The van der Waals surface area contributed by atoms with E-state index in [1.165, 1.54) is 31.3 Å². The average molecular weight is 411 g/mol. The molecule has 1 aromatic carbocycles. The van der Waals surface area contributed by atoms with Gasteiger partial charge in [0.1, 0.15) is 11.5 Å². The molecule has 1 amide bonds. The number of carbonyl (C=O) groups excluding carboxylic acids is 2. The lowest BCUT2D eigenvalue weighted by Crippen LogP contribution is -2.43. The average Bonchev–Trinajstić information content (AvgIpc) is 3.04. The van der Waals surface area contributed by atoms with Crippen molar-refractivity contribution < 1.29 is 32.2 Å². The van der Waals surface area contributed by atoms with E-state index in [9.17, 15) is 18.0 Å². The third-order valence-corrected chi connectivity index (χ3v) is 6.18. The first-order valence-corrected chi connectivity index (χ1v) is 10.7. The second-order valence-corrected chi connectivity index (χ2v) is 8.55. The fourth-order valence-electron chi connectivity index (χ4n) is 3.01. The Hall–Kier alpha value is -2.55. The maximum absolute atomic E-state index is 12.3. The Morgan fingerprint density at radius 3 is 2.32 bits per heavy atom. The molecule has 0 N–H and O–H groups in total. The summed E-state index contributed by atoms with van der Waals surface area (Å²) >= 11 is 0. The summed E-state index contributed by atoms with van der Waals surface area (Å²) in [6.07, 6.45) is 3.14. The highest BCUT2D eigenvalue weighted by Crippen LogP contribution is 2.23. The number of amides is 1. The minimum absolute atomic E-state index is 0.0435. The van der Waals surface area contributed by atoms with Crippen molar-refractivity contribution in [1.82, 2.24) is 4.90 Å². The van der Waals surface area contributed by atoms with Gasteiger partial charge in [-0.15, -0.1) is 0 Å². The van der Waals surface area contributed by atoms with Gasteiger partial charge in [0.15, 0.2) is 16.4 Å². The third-order valence-electron chi connectivity index (χ3n) is 4.43. The second-order valence-electron chi connectivity index (χ2n) is 6.32. The molecule has 8 nitrogen and oxygen atoms in total. The zero-order valence-corrected chi connectivity index (χ0v) is 17.0. The molecule has 1 saturated heterocycles. The normalized spacial score (nSPS) is 18.0. The molecule has 28 heavy (non-hydrogen) atoms. The van der Waals surface area contributed by atoms with Gasteiger partial charge in [0.05, 0.1) is 25.7 Å². The molecule has 1 aliphatic rings. The number of ether oxygens (including phenoxy) is 3. The minimum Gasteiger partial charge on any atom is -0.497 e. The maximum atomic E-state index is 12.3. The number of esters is 1. The van der Waals surface area contributed by atoms with Gasteiger partial charge in [0.2, 0.25) is 0 Å². The van der Waals surface area contributed by atoms with E-state index in [2.05, 4.69) is 0 Å². The number of rotatable bonds is 8. The van der Waals surface area contributed by atoms with Crippen molar-refractivity contribution in [3.8, 4) is 11.5 Å². The van der Waals surface area contributed by atoms with Crippen LogP contribution < -0.4 is 9.47 Å². The van der Waals surface area contributed by atoms with Gasteiger partial charge < -0.3 is 19.1 Å². The fourth-order valence-corrected chi connectivity index (χ4v) is 4.74. The summed E-state index contributed by atoms with van der Waals surface area (Å²) in [6.45, 7) is 1.69. The first kappa shape index (κ1) is 21.7. The lowest BCUT2D eigenvalue weighted by Gasteiger charge is -2.26. The van der Waals surface area contributed by atoms with Crippen LogP contribution in [0.3, 0.4) is 0 Å². The number of methoxy groups -OCH3 is 2. The number of carbonyl (C=O) groups is 2. The molecule has 0 saturated carbocycles. The van der Waals surface area contributed by atoms with Gasteiger partial charge in [-0.25, -0.2) is 13.2 Å². The summed E-state index contributed by atoms with van der Waals surface area (Å²) in [6, 6.07) is 4.78. The Kier molecular flexibility index (Phi) is 7.45. The molecule has 0 aromatic heterocycles. The maximum Gasteiger partial charge on any atom is 0.331 e. The van der Waals surface area contributed by atoms with Crippen LogP contribution >= 0.6 is 0 Å². The van der Waals surface area contributed by atoms with Crippen LogP contribution in [0.25, 0.3) is 6.08 Å². The molecular formula is C19H25NO7S. The first-order chi connectivity index (χ1) is 13.3. The van der Waals surface area contributed by atoms with Gasteiger partial charge in [0, 0.05) is 24.7 Å². The van der Waals surface area contributed by atoms with Gasteiger partial charge in [-0.1, -0.05) is 0 Å². The van der Waals surface area contributed by atoms with Crippen molar-refractivity contribution in [2.24, 2.45) is 0 Å². The summed E-state index contributed by atoms with van der Waals surface area (Å²) < 4.78 is 38.6. The van der Waals surface area contributed by atoms with Crippen LogP contribution in [0, 0.1) is 0 Å². The molecule has 1 fully saturated rings. The Bertz CT molecular complexity index is 826. The first-order valence-electron chi connectivity index (χ1n) is 8.85. The second kappa shape index (κ2) is 9.59. The SMILES string of the molecule is CCN(C(=O)COC(=O)/C=C/c1cc(OC)cc(OC)c1)[C@H]1CCS(=O)(=O)C1. The monoisotopic (exact) mass is 411 g/mol. The predicted molar refractivity (Wildman–Crippen MR) is 104 cm³/mol. The van der Waals surface area contributed by atoms with E-state index < -0.39 is 28.3 Å². The van der Waals surface area contributed by atoms with E-state index in [0.717, 1.165) is 0 Å². The van der Waals surface area contributed by atoms with E-state index in [1.54, 1.807) is 25.1 Å². The van der Waals surface area contributed by atoms with Crippen LogP contribution in [-0.2, 0) is 24.2 Å². The summed E-state index contributed by atoms with van der Waals surface area (Å²) in [7, 11) is -0.0495. The number of hydrogen-bond acceptors (Lipinski definition) is 7. The molecule has 1 heterocycles.